The minimum atomic E-state index is -0.444. The monoisotopic (exact) mass is 356 g/mol. The van der Waals surface area contributed by atoms with Gasteiger partial charge >= 0.3 is 0 Å². The first kappa shape index (κ1) is 17.2. The number of nitrogens with zero attached hydrogens (tertiary/aromatic N) is 3. The summed E-state index contributed by atoms with van der Waals surface area (Å²) in [6.45, 7) is 7.04. The van der Waals surface area contributed by atoms with E-state index in [1.807, 2.05) is 23.1 Å². The van der Waals surface area contributed by atoms with Crippen LogP contribution in [0.1, 0.15) is 0 Å². The number of amides is 2. The standard InChI is InChI=1S/C18H20N4O2S/c1-2-8-22-17(24)15(16(23)19-18(22)25)13-20-9-11-21(12-10-20)14-6-4-3-5-7-14/h2-7,13H,1,8-12H2,(H,19,23,25)/b15-13-. The third kappa shape index (κ3) is 3.71. The minimum Gasteiger partial charge on any atom is -0.373 e. The fourth-order valence-electron chi connectivity index (χ4n) is 2.91. The van der Waals surface area contributed by atoms with Crippen LogP contribution >= 0.6 is 12.2 Å². The minimum absolute atomic E-state index is 0.114. The van der Waals surface area contributed by atoms with Gasteiger partial charge in [0.1, 0.15) is 5.57 Å². The van der Waals surface area contributed by atoms with Crippen molar-refractivity contribution in [1.82, 2.24) is 15.1 Å². The molecule has 0 aliphatic carbocycles. The molecule has 0 radical (unpaired) electrons. The van der Waals surface area contributed by atoms with Gasteiger partial charge in [0.05, 0.1) is 0 Å². The summed E-state index contributed by atoms with van der Waals surface area (Å²) in [5.41, 5.74) is 1.30. The number of carbonyl (C=O) groups is 2. The number of carbonyl (C=O) groups excluding carboxylic acids is 2. The highest BCUT2D eigenvalue weighted by Gasteiger charge is 2.33. The van der Waals surface area contributed by atoms with Crippen molar-refractivity contribution in [3.8, 4) is 0 Å². The molecule has 2 fully saturated rings. The van der Waals surface area contributed by atoms with Gasteiger partial charge in [0, 0.05) is 44.6 Å². The van der Waals surface area contributed by atoms with Crippen LogP contribution in [-0.4, -0.2) is 59.5 Å². The molecule has 0 atom stereocenters. The van der Waals surface area contributed by atoms with E-state index in [0.717, 1.165) is 26.2 Å². The maximum atomic E-state index is 12.5. The molecular weight excluding hydrogens is 336 g/mol. The maximum Gasteiger partial charge on any atom is 0.267 e. The smallest absolute Gasteiger partial charge is 0.267 e. The summed E-state index contributed by atoms with van der Waals surface area (Å²) in [4.78, 5) is 30.3. The van der Waals surface area contributed by atoms with Crippen LogP contribution in [0.4, 0.5) is 5.69 Å². The quantitative estimate of drug-likeness (QED) is 0.379. The number of para-hydroxylation sites is 1. The lowest BCUT2D eigenvalue weighted by molar-refractivity contribution is -0.128. The molecule has 1 aromatic rings. The first-order valence-electron chi connectivity index (χ1n) is 8.14. The van der Waals surface area contributed by atoms with Crippen LogP contribution in [0.3, 0.4) is 0 Å². The first-order chi connectivity index (χ1) is 12.1. The molecular formula is C18H20N4O2S. The van der Waals surface area contributed by atoms with Gasteiger partial charge in [0.25, 0.3) is 11.8 Å². The van der Waals surface area contributed by atoms with Crippen LogP contribution in [0.5, 0.6) is 0 Å². The Morgan fingerprint density at radius 1 is 1.12 bits per heavy atom. The van der Waals surface area contributed by atoms with Crippen LogP contribution in [0.2, 0.25) is 0 Å². The van der Waals surface area contributed by atoms with Crippen LogP contribution < -0.4 is 10.2 Å². The number of rotatable bonds is 4. The highest BCUT2D eigenvalue weighted by atomic mass is 32.1. The van der Waals surface area contributed by atoms with Crippen LogP contribution in [0.25, 0.3) is 0 Å². The van der Waals surface area contributed by atoms with E-state index >= 15 is 0 Å². The molecule has 6 nitrogen and oxygen atoms in total. The molecule has 2 aliphatic rings. The van der Waals surface area contributed by atoms with Gasteiger partial charge in [-0.25, -0.2) is 0 Å². The van der Waals surface area contributed by atoms with E-state index in [1.165, 1.54) is 10.6 Å². The van der Waals surface area contributed by atoms with Crippen molar-refractivity contribution >= 4 is 34.8 Å². The normalized spacial score (nSPS) is 20.1. The largest absolute Gasteiger partial charge is 0.373 e. The molecule has 25 heavy (non-hydrogen) atoms. The van der Waals surface area contributed by atoms with Crippen LogP contribution in [-0.2, 0) is 9.59 Å². The average Bonchev–Trinajstić information content (AvgIpc) is 2.63. The fraction of sp³-hybridized carbons (Fsp3) is 0.278. The SMILES string of the molecule is C=CCN1C(=O)/C(=C\N2CCN(c3ccccc3)CC2)C(=O)NC1=S. The van der Waals surface area contributed by atoms with E-state index in [4.69, 9.17) is 12.2 Å². The molecule has 0 saturated carbocycles. The van der Waals surface area contributed by atoms with E-state index in [9.17, 15) is 9.59 Å². The molecule has 0 spiro atoms. The number of thiocarbonyl (C=S) groups is 1. The van der Waals surface area contributed by atoms with Crippen LogP contribution in [0.15, 0.2) is 54.8 Å². The summed E-state index contributed by atoms with van der Waals surface area (Å²) in [5, 5.41) is 2.69. The molecule has 0 bridgehead atoms. The Balaban J connectivity index is 1.68. The number of benzene rings is 1. The second kappa shape index (κ2) is 7.48. The van der Waals surface area contributed by atoms with Crippen molar-refractivity contribution in [1.29, 1.82) is 0 Å². The lowest BCUT2D eigenvalue weighted by atomic mass is 10.1. The average molecular weight is 356 g/mol. The number of hydrogen-bond donors (Lipinski definition) is 1. The van der Waals surface area contributed by atoms with Gasteiger partial charge < -0.3 is 9.80 Å². The Labute approximate surface area is 152 Å². The number of hydrogen-bond acceptors (Lipinski definition) is 5. The first-order valence-corrected chi connectivity index (χ1v) is 8.55. The molecule has 7 heteroatoms. The molecule has 3 rings (SSSR count). The Hall–Kier alpha value is -2.67. The van der Waals surface area contributed by atoms with Crippen molar-refractivity contribution in [2.24, 2.45) is 0 Å². The Bertz CT molecular complexity index is 724. The second-order valence-corrected chi connectivity index (χ2v) is 6.25. The predicted octanol–water partition coefficient (Wildman–Crippen LogP) is 1.12. The lowest BCUT2D eigenvalue weighted by Gasteiger charge is -2.36. The topological polar surface area (TPSA) is 55.9 Å². The van der Waals surface area contributed by atoms with Crippen molar-refractivity contribution in [2.75, 3.05) is 37.6 Å². The number of piperazine rings is 1. The van der Waals surface area contributed by atoms with Crippen LogP contribution in [0, 0.1) is 0 Å². The van der Waals surface area contributed by atoms with E-state index < -0.39 is 5.91 Å². The lowest BCUT2D eigenvalue weighted by Crippen LogP contribution is -2.54. The Morgan fingerprint density at radius 2 is 1.80 bits per heavy atom. The molecule has 2 heterocycles. The molecule has 2 aliphatic heterocycles. The Morgan fingerprint density at radius 3 is 2.44 bits per heavy atom. The molecule has 130 valence electrons. The van der Waals surface area contributed by atoms with Crippen molar-refractivity contribution in [3.05, 3.63) is 54.8 Å². The maximum absolute atomic E-state index is 12.5. The summed E-state index contributed by atoms with van der Waals surface area (Å²) in [6, 6.07) is 10.2. The molecule has 0 unspecified atom stereocenters. The van der Waals surface area contributed by atoms with Gasteiger partial charge in [-0.05, 0) is 24.4 Å². The zero-order valence-electron chi connectivity index (χ0n) is 13.9. The summed E-state index contributed by atoms with van der Waals surface area (Å²) < 4.78 is 0. The third-order valence-electron chi connectivity index (χ3n) is 4.24. The fourth-order valence-corrected chi connectivity index (χ4v) is 3.16. The molecule has 2 saturated heterocycles. The van der Waals surface area contributed by atoms with E-state index in [0.29, 0.717) is 0 Å². The van der Waals surface area contributed by atoms with Crippen molar-refractivity contribution in [3.63, 3.8) is 0 Å². The van der Waals surface area contributed by atoms with Crippen molar-refractivity contribution < 1.29 is 9.59 Å². The molecule has 0 aromatic heterocycles. The molecule has 1 aromatic carbocycles. The Kier molecular flexibility index (Phi) is 5.14. The highest BCUT2D eigenvalue weighted by Crippen LogP contribution is 2.17. The van der Waals surface area contributed by atoms with Gasteiger partial charge in [-0.1, -0.05) is 24.3 Å². The zero-order valence-corrected chi connectivity index (χ0v) is 14.7. The summed E-state index contributed by atoms with van der Waals surface area (Å²) in [7, 11) is 0. The highest BCUT2D eigenvalue weighted by molar-refractivity contribution is 7.80. The van der Waals surface area contributed by atoms with E-state index in [2.05, 4.69) is 28.9 Å². The summed E-state index contributed by atoms with van der Waals surface area (Å²) >= 11 is 5.05. The van der Waals surface area contributed by atoms with E-state index in [1.54, 1.807) is 12.3 Å². The number of anilines is 1. The van der Waals surface area contributed by atoms with Gasteiger partial charge in [-0.2, -0.15) is 0 Å². The van der Waals surface area contributed by atoms with Gasteiger partial charge in [0.2, 0.25) is 0 Å². The predicted molar refractivity (Wildman–Crippen MR) is 101 cm³/mol. The molecule has 2 amide bonds. The number of nitrogens with one attached hydrogen (secondary N) is 1. The molecule has 1 N–H and O–H groups in total. The zero-order chi connectivity index (χ0) is 17.8. The van der Waals surface area contributed by atoms with Gasteiger partial charge in [0.15, 0.2) is 5.11 Å². The van der Waals surface area contributed by atoms with Gasteiger partial charge in [-0.15, -0.1) is 6.58 Å². The third-order valence-corrected chi connectivity index (χ3v) is 4.57. The van der Waals surface area contributed by atoms with Crippen molar-refractivity contribution in [2.45, 2.75) is 0 Å². The van der Waals surface area contributed by atoms with E-state index in [-0.39, 0.29) is 23.1 Å². The second-order valence-electron chi connectivity index (χ2n) is 5.87. The summed E-state index contributed by atoms with van der Waals surface area (Å²) in [5.74, 6) is -0.819. The summed E-state index contributed by atoms with van der Waals surface area (Å²) in [6.07, 6.45) is 3.23. The van der Waals surface area contributed by atoms with Gasteiger partial charge in [-0.3, -0.25) is 19.8 Å².